The second-order valence-corrected chi connectivity index (χ2v) is 8.56. The number of nitrogens with one attached hydrogen (secondary N) is 1. The molecule has 0 aliphatic carbocycles. The third-order valence-electron chi connectivity index (χ3n) is 6.39. The van der Waals surface area contributed by atoms with Crippen LogP contribution in [0.3, 0.4) is 0 Å². The average molecular weight is 428 g/mol. The number of amides is 1. The third-order valence-corrected chi connectivity index (χ3v) is 6.64. The summed E-state index contributed by atoms with van der Waals surface area (Å²) in [6.07, 6.45) is 1.48. The SMILES string of the molecule is O=C(NCCN1CCN(c2ccc(Cl)cc2)CC1)C1(c2ccccc2)CCOCC1. The Bertz CT molecular complexity index is 814. The highest BCUT2D eigenvalue weighted by atomic mass is 35.5. The summed E-state index contributed by atoms with van der Waals surface area (Å²) in [6.45, 7) is 6.79. The van der Waals surface area contributed by atoms with Gasteiger partial charge in [0.25, 0.3) is 0 Å². The second-order valence-electron chi connectivity index (χ2n) is 8.12. The molecule has 2 fully saturated rings. The van der Waals surface area contributed by atoms with E-state index in [0.717, 1.165) is 56.2 Å². The van der Waals surface area contributed by atoms with Crippen molar-refractivity contribution in [2.75, 3.05) is 57.4 Å². The van der Waals surface area contributed by atoms with Crippen LogP contribution < -0.4 is 10.2 Å². The van der Waals surface area contributed by atoms with Crippen LogP contribution in [0, 0.1) is 0 Å². The second kappa shape index (κ2) is 9.82. The van der Waals surface area contributed by atoms with Crippen molar-refractivity contribution in [1.82, 2.24) is 10.2 Å². The fraction of sp³-hybridized carbons (Fsp3) is 0.458. The number of anilines is 1. The van der Waals surface area contributed by atoms with Gasteiger partial charge in [0.05, 0.1) is 5.41 Å². The first-order chi connectivity index (χ1) is 14.7. The summed E-state index contributed by atoms with van der Waals surface area (Å²) in [5.41, 5.74) is 1.85. The van der Waals surface area contributed by atoms with Crippen molar-refractivity contribution in [2.45, 2.75) is 18.3 Å². The minimum atomic E-state index is -0.465. The standard InChI is InChI=1S/C24H30ClN3O2/c25-21-6-8-22(9-7-21)28-16-14-27(15-17-28)13-12-26-23(29)24(10-18-30-19-11-24)20-4-2-1-3-5-20/h1-9H,10-19H2,(H,26,29). The number of ether oxygens (including phenoxy) is 1. The van der Waals surface area contributed by atoms with Gasteiger partial charge in [-0.3, -0.25) is 9.69 Å². The fourth-order valence-electron chi connectivity index (χ4n) is 4.50. The molecular weight excluding hydrogens is 398 g/mol. The summed E-state index contributed by atoms with van der Waals surface area (Å²) in [5.74, 6) is 0.136. The molecule has 1 amide bonds. The van der Waals surface area contributed by atoms with E-state index < -0.39 is 5.41 Å². The van der Waals surface area contributed by atoms with E-state index in [4.69, 9.17) is 16.3 Å². The highest BCUT2D eigenvalue weighted by Gasteiger charge is 2.41. The van der Waals surface area contributed by atoms with Gasteiger partial charge in [0.15, 0.2) is 0 Å². The normalized spacial score (nSPS) is 19.4. The van der Waals surface area contributed by atoms with E-state index in [1.807, 2.05) is 30.3 Å². The fourth-order valence-corrected chi connectivity index (χ4v) is 4.63. The molecule has 5 nitrogen and oxygen atoms in total. The molecule has 0 radical (unpaired) electrons. The number of hydrogen-bond acceptors (Lipinski definition) is 4. The number of carbonyl (C=O) groups excluding carboxylic acids is 1. The van der Waals surface area contributed by atoms with E-state index in [0.29, 0.717) is 19.8 Å². The molecule has 2 saturated heterocycles. The summed E-state index contributed by atoms with van der Waals surface area (Å²) in [5, 5.41) is 3.99. The summed E-state index contributed by atoms with van der Waals surface area (Å²) >= 11 is 5.99. The van der Waals surface area contributed by atoms with Crippen LogP contribution in [0.5, 0.6) is 0 Å². The molecule has 0 spiro atoms. The molecule has 2 aromatic carbocycles. The maximum atomic E-state index is 13.2. The Morgan fingerprint density at radius 2 is 1.63 bits per heavy atom. The Morgan fingerprint density at radius 3 is 2.30 bits per heavy atom. The highest BCUT2D eigenvalue weighted by Crippen LogP contribution is 2.35. The van der Waals surface area contributed by atoms with Gasteiger partial charge in [-0.15, -0.1) is 0 Å². The van der Waals surface area contributed by atoms with Gasteiger partial charge >= 0.3 is 0 Å². The van der Waals surface area contributed by atoms with Crippen LogP contribution in [0.15, 0.2) is 54.6 Å². The summed E-state index contributed by atoms with van der Waals surface area (Å²) in [7, 11) is 0. The number of nitrogens with zero attached hydrogens (tertiary/aromatic N) is 2. The molecule has 4 rings (SSSR count). The number of carbonyl (C=O) groups is 1. The molecule has 1 N–H and O–H groups in total. The van der Waals surface area contributed by atoms with E-state index in [1.54, 1.807) is 0 Å². The van der Waals surface area contributed by atoms with Crippen molar-refractivity contribution in [3.05, 3.63) is 65.2 Å². The average Bonchev–Trinajstić information content (AvgIpc) is 2.81. The zero-order valence-corrected chi connectivity index (χ0v) is 18.1. The molecule has 30 heavy (non-hydrogen) atoms. The van der Waals surface area contributed by atoms with Crippen molar-refractivity contribution in [2.24, 2.45) is 0 Å². The molecule has 0 unspecified atom stereocenters. The van der Waals surface area contributed by atoms with Crippen molar-refractivity contribution < 1.29 is 9.53 Å². The van der Waals surface area contributed by atoms with Crippen LogP contribution in [0.2, 0.25) is 5.02 Å². The topological polar surface area (TPSA) is 44.8 Å². The van der Waals surface area contributed by atoms with Crippen LogP contribution in [-0.4, -0.2) is 63.3 Å². The summed E-state index contributed by atoms with van der Waals surface area (Å²) in [4.78, 5) is 18.0. The van der Waals surface area contributed by atoms with Crippen LogP contribution in [0.1, 0.15) is 18.4 Å². The molecule has 2 heterocycles. The Kier molecular flexibility index (Phi) is 6.93. The molecule has 2 aliphatic rings. The van der Waals surface area contributed by atoms with E-state index in [2.05, 4.69) is 39.4 Å². The number of rotatable bonds is 6. The minimum absolute atomic E-state index is 0.136. The predicted molar refractivity (Wildman–Crippen MR) is 121 cm³/mol. The van der Waals surface area contributed by atoms with Gasteiger partial charge in [-0.1, -0.05) is 41.9 Å². The Labute approximate surface area is 184 Å². The van der Waals surface area contributed by atoms with E-state index >= 15 is 0 Å². The molecule has 160 valence electrons. The van der Waals surface area contributed by atoms with Gasteiger partial charge in [0, 0.05) is 63.2 Å². The zero-order chi connectivity index (χ0) is 20.8. The molecule has 0 aromatic heterocycles. The number of halogens is 1. The van der Waals surface area contributed by atoms with Crippen molar-refractivity contribution >= 4 is 23.2 Å². The Morgan fingerprint density at radius 1 is 0.967 bits per heavy atom. The Hall–Kier alpha value is -2.08. The maximum absolute atomic E-state index is 13.2. The lowest BCUT2D eigenvalue weighted by Crippen LogP contribution is -2.51. The largest absolute Gasteiger partial charge is 0.381 e. The van der Waals surface area contributed by atoms with Gasteiger partial charge in [-0.05, 0) is 42.7 Å². The Balaban J connectivity index is 1.27. The van der Waals surface area contributed by atoms with Crippen molar-refractivity contribution in [3.8, 4) is 0 Å². The molecule has 0 saturated carbocycles. The van der Waals surface area contributed by atoms with Crippen LogP contribution in [-0.2, 0) is 14.9 Å². The molecule has 2 aliphatic heterocycles. The quantitative estimate of drug-likeness (QED) is 0.768. The maximum Gasteiger partial charge on any atom is 0.230 e. The predicted octanol–water partition coefficient (Wildman–Crippen LogP) is 3.33. The van der Waals surface area contributed by atoms with Gasteiger partial charge in [-0.25, -0.2) is 0 Å². The first-order valence-electron chi connectivity index (χ1n) is 10.8. The number of piperazine rings is 1. The number of benzene rings is 2. The third kappa shape index (κ3) is 4.80. The van der Waals surface area contributed by atoms with Gasteiger partial charge < -0.3 is 15.0 Å². The van der Waals surface area contributed by atoms with Gasteiger partial charge in [0.1, 0.15) is 0 Å². The van der Waals surface area contributed by atoms with Crippen LogP contribution >= 0.6 is 11.6 Å². The van der Waals surface area contributed by atoms with E-state index in [1.165, 1.54) is 5.69 Å². The summed E-state index contributed by atoms with van der Waals surface area (Å²) in [6, 6.07) is 18.2. The van der Waals surface area contributed by atoms with E-state index in [9.17, 15) is 4.79 Å². The molecule has 0 bridgehead atoms. The van der Waals surface area contributed by atoms with Crippen molar-refractivity contribution in [3.63, 3.8) is 0 Å². The van der Waals surface area contributed by atoms with Crippen LogP contribution in [0.25, 0.3) is 0 Å². The first kappa shape index (κ1) is 21.2. The number of hydrogen-bond donors (Lipinski definition) is 1. The van der Waals surface area contributed by atoms with E-state index in [-0.39, 0.29) is 5.91 Å². The minimum Gasteiger partial charge on any atom is -0.381 e. The van der Waals surface area contributed by atoms with Crippen molar-refractivity contribution in [1.29, 1.82) is 0 Å². The zero-order valence-electron chi connectivity index (χ0n) is 17.4. The summed E-state index contributed by atoms with van der Waals surface area (Å²) < 4.78 is 5.55. The van der Waals surface area contributed by atoms with Gasteiger partial charge in [0.2, 0.25) is 5.91 Å². The smallest absolute Gasteiger partial charge is 0.230 e. The monoisotopic (exact) mass is 427 g/mol. The molecule has 0 atom stereocenters. The molecule has 2 aromatic rings. The molecular formula is C24H30ClN3O2. The lowest BCUT2D eigenvalue weighted by atomic mass is 9.73. The highest BCUT2D eigenvalue weighted by molar-refractivity contribution is 6.30. The molecule has 6 heteroatoms. The lowest BCUT2D eigenvalue weighted by molar-refractivity contribution is -0.130. The van der Waals surface area contributed by atoms with Crippen LogP contribution in [0.4, 0.5) is 5.69 Å². The van der Waals surface area contributed by atoms with Gasteiger partial charge in [-0.2, -0.15) is 0 Å². The first-order valence-corrected chi connectivity index (χ1v) is 11.2. The lowest BCUT2D eigenvalue weighted by Gasteiger charge is -2.38.